The van der Waals surface area contributed by atoms with Gasteiger partial charge in [0, 0.05) is 16.6 Å². The number of rotatable bonds is 2. The minimum Gasteiger partial charge on any atom is -0.481 e. The predicted molar refractivity (Wildman–Crippen MR) is 64.4 cm³/mol. The Kier molecular flexibility index (Phi) is 2.82. The summed E-state index contributed by atoms with van der Waals surface area (Å²) < 4.78 is 0. The van der Waals surface area contributed by atoms with Crippen LogP contribution in [0.1, 0.15) is 18.4 Å². The third-order valence-corrected chi connectivity index (χ3v) is 3.09. The van der Waals surface area contributed by atoms with Crippen LogP contribution in [-0.2, 0) is 4.79 Å². The van der Waals surface area contributed by atoms with Gasteiger partial charge in [0.1, 0.15) is 0 Å². The Morgan fingerprint density at radius 1 is 1.44 bits per heavy atom. The zero-order chi connectivity index (χ0) is 11.9. The summed E-state index contributed by atoms with van der Waals surface area (Å²) in [5, 5.41) is 10.7. The maximum absolute atomic E-state index is 10.9. The van der Waals surface area contributed by atoms with E-state index in [1.54, 1.807) is 25.3 Å². The van der Waals surface area contributed by atoms with Crippen molar-refractivity contribution in [3.05, 3.63) is 33.9 Å². The molecular weight excluding hydrogens is 249 g/mol. The molecule has 0 fully saturated rings. The summed E-state index contributed by atoms with van der Waals surface area (Å²) in [5.74, 6) is -1.47. The molecule has 0 bridgehead atoms. The van der Waals surface area contributed by atoms with E-state index in [9.17, 15) is 4.79 Å². The van der Waals surface area contributed by atoms with Crippen molar-refractivity contribution in [2.45, 2.75) is 12.8 Å². The molecule has 0 saturated heterocycles. The molecule has 1 unspecified atom stereocenters. The second-order valence-corrected chi connectivity index (χ2v) is 4.46. The van der Waals surface area contributed by atoms with Gasteiger partial charge in [0.05, 0.1) is 16.5 Å². The molecule has 2 aromatic rings. The SMILES string of the molecule is CC(C(=O)O)c1c[nH]c2c(Cl)cc(Cl)cc12. The topological polar surface area (TPSA) is 53.1 Å². The molecule has 0 amide bonds. The van der Waals surface area contributed by atoms with Crippen LogP contribution in [0.3, 0.4) is 0 Å². The summed E-state index contributed by atoms with van der Waals surface area (Å²) in [4.78, 5) is 13.9. The summed E-state index contributed by atoms with van der Waals surface area (Å²) in [6.07, 6.45) is 1.66. The summed E-state index contributed by atoms with van der Waals surface area (Å²) in [6.45, 7) is 1.62. The normalized spacial score (nSPS) is 12.9. The molecule has 1 aromatic carbocycles. The zero-order valence-corrected chi connectivity index (χ0v) is 9.93. The van der Waals surface area contributed by atoms with E-state index < -0.39 is 11.9 Å². The lowest BCUT2D eigenvalue weighted by molar-refractivity contribution is -0.138. The number of benzene rings is 1. The third-order valence-electron chi connectivity index (χ3n) is 2.57. The average Bonchev–Trinajstić information content (AvgIpc) is 2.60. The highest BCUT2D eigenvalue weighted by Crippen LogP contribution is 2.32. The molecule has 1 atom stereocenters. The smallest absolute Gasteiger partial charge is 0.310 e. The fraction of sp³-hybridized carbons (Fsp3) is 0.182. The number of nitrogens with one attached hydrogen (secondary N) is 1. The Morgan fingerprint density at radius 2 is 2.12 bits per heavy atom. The lowest BCUT2D eigenvalue weighted by Gasteiger charge is -2.04. The van der Waals surface area contributed by atoms with Crippen molar-refractivity contribution in [3.63, 3.8) is 0 Å². The van der Waals surface area contributed by atoms with Crippen molar-refractivity contribution in [1.29, 1.82) is 0 Å². The quantitative estimate of drug-likeness (QED) is 0.863. The van der Waals surface area contributed by atoms with Crippen LogP contribution in [0.5, 0.6) is 0 Å². The van der Waals surface area contributed by atoms with Crippen LogP contribution in [0.2, 0.25) is 10.0 Å². The van der Waals surface area contributed by atoms with Crippen molar-refractivity contribution >= 4 is 40.1 Å². The van der Waals surface area contributed by atoms with E-state index in [-0.39, 0.29) is 0 Å². The first-order valence-electron chi connectivity index (χ1n) is 4.69. The lowest BCUT2D eigenvalue weighted by atomic mass is 10.0. The molecule has 1 heterocycles. The number of fused-ring (bicyclic) bond motifs is 1. The van der Waals surface area contributed by atoms with Crippen LogP contribution in [0.15, 0.2) is 18.3 Å². The van der Waals surface area contributed by atoms with E-state index in [1.807, 2.05) is 0 Å². The number of hydrogen-bond acceptors (Lipinski definition) is 1. The number of aromatic nitrogens is 1. The zero-order valence-electron chi connectivity index (χ0n) is 8.42. The van der Waals surface area contributed by atoms with Crippen LogP contribution in [-0.4, -0.2) is 16.1 Å². The van der Waals surface area contributed by atoms with Gasteiger partial charge in [-0.25, -0.2) is 0 Å². The monoisotopic (exact) mass is 257 g/mol. The number of hydrogen-bond donors (Lipinski definition) is 2. The molecule has 0 aliphatic rings. The molecule has 0 spiro atoms. The number of aliphatic carboxylic acids is 1. The molecule has 0 saturated carbocycles. The first-order chi connectivity index (χ1) is 7.50. The lowest BCUT2D eigenvalue weighted by Crippen LogP contribution is -2.06. The Balaban J connectivity index is 2.69. The predicted octanol–water partition coefficient (Wildman–Crippen LogP) is 3.66. The second-order valence-electron chi connectivity index (χ2n) is 3.61. The highest BCUT2D eigenvalue weighted by Gasteiger charge is 2.18. The van der Waals surface area contributed by atoms with E-state index in [1.165, 1.54) is 0 Å². The van der Waals surface area contributed by atoms with Gasteiger partial charge >= 0.3 is 5.97 Å². The van der Waals surface area contributed by atoms with Gasteiger partial charge in [0.25, 0.3) is 0 Å². The molecule has 0 radical (unpaired) electrons. The minimum absolute atomic E-state index is 0.492. The average molecular weight is 258 g/mol. The molecule has 2 rings (SSSR count). The molecule has 5 heteroatoms. The van der Waals surface area contributed by atoms with Crippen molar-refractivity contribution < 1.29 is 9.90 Å². The number of carboxylic acids is 1. The number of H-pyrrole nitrogens is 1. The number of carboxylic acid groups (broad SMARTS) is 1. The third kappa shape index (κ3) is 1.77. The van der Waals surface area contributed by atoms with Crippen LogP contribution < -0.4 is 0 Å². The first kappa shape index (κ1) is 11.3. The molecule has 2 N–H and O–H groups in total. The van der Waals surface area contributed by atoms with E-state index >= 15 is 0 Å². The van der Waals surface area contributed by atoms with Crippen molar-refractivity contribution in [2.75, 3.05) is 0 Å². The van der Waals surface area contributed by atoms with Gasteiger partial charge < -0.3 is 10.1 Å². The number of carbonyl (C=O) groups is 1. The van der Waals surface area contributed by atoms with Crippen LogP contribution in [0, 0.1) is 0 Å². The van der Waals surface area contributed by atoms with E-state index in [2.05, 4.69) is 4.98 Å². The summed E-state index contributed by atoms with van der Waals surface area (Å²) in [6, 6.07) is 3.34. The summed E-state index contributed by atoms with van der Waals surface area (Å²) >= 11 is 11.9. The van der Waals surface area contributed by atoms with E-state index in [4.69, 9.17) is 28.3 Å². The van der Waals surface area contributed by atoms with Crippen molar-refractivity contribution in [1.82, 2.24) is 4.98 Å². The summed E-state index contributed by atoms with van der Waals surface area (Å²) in [5.41, 5.74) is 1.40. The Bertz CT molecular complexity index is 562. The molecule has 0 aliphatic carbocycles. The fourth-order valence-corrected chi connectivity index (χ4v) is 2.21. The van der Waals surface area contributed by atoms with Crippen LogP contribution in [0.25, 0.3) is 10.9 Å². The minimum atomic E-state index is -0.878. The maximum Gasteiger partial charge on any atom is 0.310 e. The Morgan fingerprint density at radius 3 is 2.75 bits per heavy atom. The molecule has 3 nitrogen and oxygen atoms in total. The van der Waals surface area contributed by atoms with Crippen molar-refractivity contribution in [3.8, 4) is 0 Å². The highest BCUT2D eigenvalue weighted by molar-refractivity contribution is 6.38. The Hall–Kier alpha value is -1.19. The van der Waals surface area contributed by atoms with Gasteiger partial charge in [-0.2, -0.15) is 0 Å². The molecule has 1 aromatic heterocycles. The molecule has 84 valence electrons. The van der Waals surface area contributed by atoms with Crippen LogP contribution in [0.4, 0.5) is 0 Å². The molecule has 0 aliphatic heterocycles. The van der Waals surface area contributed by atoms with Crippen molar-refractivity contribution in [2.24, 2.45) is 0 Å². The van der Waals surface area contributed by atoms with Gasteiger partial charge in [-0.1, -0.05) is 23.2 Å². The number of aromatic amines is 1. The Labute approximate surface area is 102 Å². The van der Waals surface area contributed by atoms with Gasteiger partial charge in [-0.05, 0) is 24.6 Å². The largest absolute Gasteiger partial charge is 0.481 e. The van der Waals surface area contributed by atoms with Crippen LogP contribution >= 0.6 is 23.2 Å². The fourth-order valence-electron chi connectivity index (χ4n) is 1.67. The summed E-state index contributed by atoms with van der Waals surface area (Å²) in [7, 11) is 0. The van der Waals surface area contributed by atoms with Gasteiger partial charge in [-0.3, -0.25) is 4.79 Å². The standard InChI is InChI=1S/C11H9Cl2NO2/c1-5(11(15)16)8-4-14-10-7(8)2-6(12)3-9(10)13/h2-5,14H,1H3,(H,15,16). The number of halogens is 2. The van der Waals surface area contributed by atoms with Gasteiger partial charge in [0.2, 0.25) is 0 Å². The molecular formula is C11H9Cl2NO2. The second kappa shape index (κ2) is 4.00. The van der Waals surface area contributed by atoms with Gasteiger partial charge in [-0.15, -0.1) is 0 Å². The molecule has 16 heavy (non-hydrogen) atoms. The first-order valence-corrected chi connectivity index (χ1v) is 5.45. The van der Waals surface area contributed by atoms with E-state index in [0.717, 1.165) is 5.39 Å². The maximum atomic E-state index is 10.9. The van der Waals surface area contributed by atoms with E-state index in [0.29, 0.717) is 21.1 Å². The highest BCUT2D eigenvalue weighted by atomic mass is 35.5. The van der Waals surface area contributed by atoms with Gasteiger partial charge in [0.15, 0.2) is 0 Å².